The Labute approximate surface area is 188 Å². The van der Waals surface area contributed by atoms with E-state index in [0.717, 1.165) is 10.8 Å². The first kappa shape index (κ1) is 20.8. The Bertz CT molecular complexity index is 1450. The predicted octanol–water partition coefficient (Wildman–Crippen LogP) is 4.14. The number of fused-ring (bicyclic) bond motifs is 4. The molecule has 0 bridgehead atoms. The smallest absolute Gasteiger partial charge is 0.321 e. The first-order valence-corrected chi connectivity index (χ1v) is 10.6. The van der Waals surface area contributed by atoms with Gasteiger partial charge in [0.15, 0.2) is 5.41 Å². The van der Waals surface area contributed by atoms with Crippen molar-refractivity contribution in [2.75, 3.05) is 7.11 Å². The van der Waals surface area contributed by atoms with Gasteiger partial charge in [-0.15, -0.1) is 0 Å². The number of aliphatic carboxylic acids is 2. The lowest BCUT2D eigenvalue weighted by Crippen LogP contribution is -2.44. The second kappa shape index (κ2) is 7.48. The van der Waals surface area contributed by atoms with Crippen LogP contribution in [-0.2, 0) is 22.4 Å². The zero-order valence-electron chi connectivity index (χ0n) is 17.9. The Morgan fingerprint density at radius 2 is 1.52 bits per heavy atom. The number of carbonyl (C=O) groups is 3. The summed E-state index contributed by atoms with van der Waals surface area (Å²) in [5, 5.41) is 21.8. The topological polar surface area (TPSA) is 106 Å². The first-order chi connectivity index (χ1) is 15.9. The third-order valence-corrected chi connectivity index (χ3v) is 6.71. The monoisotopic (exact) mass is 443 g/mol. The summed E-state index contributed by atoms with van der Waals surface area (Å²) in [7, 11) is 1.58. The fraction of sp³-hybridized carbons (Fsp3) is 0.192. The zero-order chi connectivity index (χ0) is 23.3. The van der Waals surface area contributed by atoms with Crippen molar-refractivity contribution >= 4 is 39.5 Å². The van der Waals surface area contributed by atoms with Crippen LogP contribution in [0.1, 0.15) is 28.0 Å². The largest absolute Gasteiger partial charge is 0.496 e. The Balaban J connectivity index is 1.74. The van der Waals surface area contributed by atoms with Crippen LogP contribution in [0.3, 0.4) is 0 Å². The summed E-state index contributed by atoms with van der Waals surface area (Å²) >= 11 is 0. The molecule has 0 radical (unpaired) electrons. The van der Waals surface area contributed by atoms with Gasteiger partial charge in [0.1, 0.15) is 5.75 Å². The molecule has 3 aromatic carbocycles. The first-order valence-electron chi connectivity index (χ1n) is 10.6. The van der Waals surface area contributed by atoms with Gasteiger partial charge in [-0.2, -0.15) is 0 Å². The molecule has 1 heterocycles. The van der Waals surface area contributed by atoms with Gasteiger partial charge in [0.2, 0.25) is 0 Å². The molecule has 0 saturated heterocycles. The molecule has 166 valence electrons. The van der Waals surface area contributed by atoms with E-state index in [0.29, 0.717) is 33.5 Å². The van der Waals surface area contributed by atoms with E-state index in [1.165, 1.54) is 0 Å². The number of methoxy groups -OCH3 is 1. The second-order valence-electron chi connectivity index (χ2n) is 8.31. The van der Waals surface area contributed by atoms with E-state index in [1.54, 1.807) is 35.9 Å². The fourth-order valence-corrected chi connectivity index (χ4v) is 4.99. The lowest BCUT2D eigenvalue weighted by atomic mass is 9.72. The SMILES string of the molecule is COc1ccc(C(=O)n2c3c(c4ccccc42)CC(C(=O)O)(C(=O)O)CC3)c2ccccc12. The van der Waals surface area contributed by atoms with Gasteiger partial charge in [-0.3, -0.25) is 19.0 Å². The minimum Gasteiger partial charge on any atom is -0.496 e. The van der Waals surface area contributed by atoms with E-state index >= 15 is 0 Å². The van der Waals surface area contributed by atoms with Gasteiger partial charge in [-0.05, 0) is 42.0 Å². The van der Waals surface area contributed by atoms with E-state index in [1.807, 2.05) is 36.4 Å². The highest BCUT2D eigenvalue weighted by Gasteiger charge is 2.50. The molecule has 1 aliphatic carbocycles. The molecule has 0 fully saturated rings. The highest BCUT2D eigenvalue weighted by Crippen LogP contribution is 2.42. The summed E-state index contributed by atoms with van der Waals surface area (Å²) in [5.41, 5.74) is 0.493. The Kier molecular flexibility index (Phi) is 4.70. The average Bonchev–Trinajstić information content (AvgIpc) is 3.16. The number of hydrogen-bond donors (Lipinski definition) is 2. The van der Waals surface area contributed by atoms with Crippen molar-refractivity contribution < 1.29 is 29.3 Å². The van der Waals surface area contributed by atoms with E-state index in [4.69, 9.17) is 4.74 Å². The van der Waals surface area contributed by atoms with Gasteiger partial charge in [-0.25, -0.2) is 0 Å². The summed E-state index contributed by atoms with van der Waals surface area (Å²) in [6.07, 6.45) is -0.0861. The molecule has 1 aromatic heterocycles. The van der Waals surface area contributed by atoms with Crippen LogP contribution in [0, 0.1) is 5.41 Å². The molecule has 33 heavy (non-hydrogen) atoms. The number of para-hydroxylation sites is 1. The van der Waals surface area contributed by atoms with E-state index in [9.17, 15) is 24.6 Å². The van der Waals surface area contributed by atoms with E-state index in [-0.39, 0.29) is 25.2 Å². The normalized spacial score (nSPS) is 14.7. The number of benzene rings is 3. The average molecular weight is 443 g/mol. The Hall–Kier alpha value is -4.13. The van der Waals surface area contributed by atoms with Crippen molar-refractivity contribution in [2.24, 2.45) is 5.41 Å². The second-order valence-corrected chi connectivity index (χ2v) is 8.31. The maximum Gasteiger partial charge on any atom is 0.321 e. The summed E-state index contributed by atoms with van der Waals surface area (Å²) < 4.78 is 7.07. The van der Waals surface area contributed by atoms with Crippen molar-refractivity contribution in [1.82, 2.24) is 4.57 Å². The molecule has 0 amide bonds. The Morgan fingerprint density at radius 3 is 2.18 bits per heavy atom. The van der Waals surface area contributed by atoms with Crippen LogP contribution >= 0.6 is 0 Å². The van der Waals surface area contributed by atoms with Crippen molar-refractivity contribution in [3.05, 3.63) is 77.5 Å². The van der Waals surface area contributed by atoms with Crippen LogP contribution < -0.4 is 4.74 Å². The molecule has 5 rings (SSSR count). The number of carbonyl (C=O) groups excluding carboxylic acids is 1. The van der Waals surface area contributed by atoms with Crippen LogP contribution in [0.25, 0.3) is 21.7 Å². The van der Waals surface area contributed by atoms with Gasteiger partial charge < -0.3 is 14.9 Å². The molecule has 2 N–H and O–H groups in total. The van der Waals surface area contributed by atoms with Crippen LogP contribution in [-0.4, -0.2) is 39.7 Å². The van der Waals surface area contributed by atoms with Gasteiger partial charge >= 0.3 is 11.9 Å². The quantitative estimate of drug-likeness (QED) is 0.460. The maximum absolute atomic E-state index is 13.9. The van der Waals surface area contributed by atoms with Crippen molar-refractivity contribution in [2.45, 2.75) is 19.3 Å². The third kappa shape index (κ3) is 2.92. The number of carboxylic acid groups (broad SMARTS) is 2. The number of carboxylic acids is 2. The van der Waals surface area contributed by atoms with Gasteiger partial charge in [-0.1, -0.05) is 42.5 Å². The van der Waals surface area contributed by atoms with Crippen LogP contribution in [0.4, 0.5) is 0 Å². The standard InChI is InChI=1S/C26H21NO6/c1-33-22-11-10-18(15-6-2-3-8-17(15)22)23(28)27-20-9-5-4-7-16(20)19-14-26(24(29)30,25(31)32)13-12-21(19)27/h2-11H,12-14H2,1H3,(H,29,30)(H,31,32). The van der Waals surface area contributed by atoms with Crippen LogP contribution in [0.15, 0.2) is 60.7 Å². The molecule has 0 aliphatic heterocycles. The zero-order valence-corrected chi connectivity index (χ0v) is 17.9. The molecule has 7 heteroatoms. The minimum atomic E-state index is -1.90. The minimum absolute atomic E-state index is 0.0857. The fourth-order valence-electron chi connectivity index (χ4n) is 4.99. The third-order valence-electron chi connectivity index (χ3n) is 6.71. The van der Waals surface area contributed by atoms with Gasteiger partial charge in [0, 0.05) is 28.5 Å². The van der Waals surface area contributed by atoms with Crippen LogP contribution in [0.5, 0.6) is 5.75 Å². The molecule has 0 spiro atoms. The predicted molar refractivity (Wildman–Crippen MR) is 122 cm³/mol. The summed E-state index contributed by atoms with van der Waals surface area (Å²) in [6, 6.07) is 18.2. The van der Waals surface area contributed by atoms with Gasteiger partial charge in [0.25, 0.3) is 5.91 Å². The molecule has 1 aliphatic rings. The Morgan fingerprint density at radius 1 is 0.879 bits per heavy atom. The summed E-state index contributed by atoms with van der Waals surface area (Å²) in [4.78, 5) is 37.9. The number of hydrogen-bond acceptors (Lipinski definition) is 4. The maximum atomic E-state index is 13.9. The molecule has 0 saturated carbocycles. The van der Waals surface area contributed by atoms with Crippen molar-refractivity contribution in [3.8, 4) is 5.75 Å². The van der Waals surface area contributed by atoms with Crippen molar-refractivity contribution in [1.29, 1.82) is 0 Å². The molecular weight excluding hydrogens is 422 g/mol. The molecule has 4 aromatic rings. The van der Waals surface area contributed by atoms with Gasteiger partial charge in [0.05, 0.1) is 12.6 Å². The molecular formula is C26H21NO6. The van der Waals surface area contributed by atoms with Crippen LogP contribution in [0.2, 0.25) is 0 Å². The molecule has 7 nitrogen and oxygen atoms in total. The van der Waals surface area contributed by atoms with Crippen molar-refractivity contribution in [3.63, 3.8) is 0 Å². The van der Waals surface area contributed by atoms with E-state index < -0.39 is 17.4 Å². The number of nitrogens with zero attached hydrogens (tertiary/aromatic N) is 1. The summed E-state index contributed by atoms with van der Waals surface area (Å²) in [6.45, 7) is 0. The molecule has 0 atom stereocenters. The van der Waals surface area contributed by atoms with E-state index in [2.05, 4.69) is 0 Å². The number of aromatic nitrogens is 1. The highest BCUT2D eigenvalue weighted by atomic mass is 16.5. The lowest BCUT2D eigenvalue weighted by molar-refractivity contribution is -0.165. The highest BCUT2D eigenvalue weighted by molar-refractivity contribution is 6.13. The number of ether oxygens (including phenoxy) is 1. The summed E-state index contributed by atoms with van der Waals surface area (Å²) in [5.74, 6) is -2.30. The molecule has 0 unspecified atom stereocenters. The lowest BCUT2D eigenvalue weighted by Gasteiger charge is -2.29. The number of rotatable bonds is 4.